The first-order valence-corrected chi connectivity index (χ1v) is 6.33. The third-order valence-corrected chi connectivity index (χ3v) is 2.92. The van der Waals surface area contributed by atoms with E-state index in [1.165, 1.54) is 0 Å². The molecule has 102 valence electrons. The van der Waals surface area contributed by atoms with Crippen molar-refractivity contribution in [3.63, 3.8) is 0 Å². The molecule has 6 nitrogen and oxygen atoms in total. The van der Waals surface area contributed by atoms with Crippen molar-refractivity contribution in [2.75, 3.05) is 11.1 Å². The lowest BCUT2D eigenvalue weighted by Crippen LogP contribution is -2.10. The van der Waals surface area contributed by atoms with Gasteiger partial charge in [-0.3, -0.25) is 4.68 Å². The molecule has 0 aliphatic rings. The van der Waals surface area contributed by atoms with Crippen LogP contribution in [0.2, 0.25) is 0 Å². The van der Waals surface area contributed by atoms with Crippen LogP contribution in [0, 0.1) is 6.92 Å². The molecule has 0 spiro atoms. The Kier molecular flexibility index (Phi) is 3.69. The van der Waals surface area contributed by atoms with Crippen LogP contribution in [0.25, 0.3) is 0 Å². The number of hydrogen-bond donors (Lipinski definition) is 2. The largest absolute Gasteiger partial charge is 0.383 e. The Labute approximate surface area is 113 Å². The van der Waals surface area contributed by atoms with Crippen molar-refractivity contribution in [2.45, 2.75) is 33.2 Å². The summed E-state index contributed by atoms with van der Waals surface area (Å²) in [5.74, 6) is 2.31. The van der Waals surface area contributed by atoms with Crippen LogP contribution < -0.4 is 11.1 Å². The fourth-order valence-electron chi connectivity index (χ4n) is 1.71. The molecule has 0 amide bonds. The van der Waals surface area contributed by atoms with Gasteiger partial charge in [-0.05, 0) is 13.0 Å². The standard InChI is InChI=1S/C13H20N6/c1-8(2)12-16-11(14)9(3)13(17-12)15-7-10-5-6-19(4)18-10/h5-6,8H,7H2,1-4H3,(H3,14,15,16,17). The average Bonchev–Trinajstić information content (AvgIpc) is 2.76. The quantitative estimate of drug-likeness (QED) is 0.876. The van der Waals surface area contributed by atoms with E-state index in [1.807, 2.05) is 40.1 Å². The molecule has 0 saturated carbocycles. The minimum atomic E-state index is 0.248. The van der Waals surface area contributed by atoms with Gasteiger partial charge in [-0.2, -0.15) is 5.10 Å². The van der Waals surface area contributed by atoms with E-state index in [-0.39, 0.29) is 5.92 Å². The molecule has 0 aromatic carbocycles. The molecule has 2 aromatic rings. The van der Waals surface area contributed by atoms with Gasteiger partial charge < -0.3 is 11.1 Å². The van der Waals surface area contributed by atoms with Gasteiger partial charge in [-0.25, -0.2) is 9.97 Å². The number of nitrogens with one attached hydrogen (secondary N) is 1. The Bertz CT molecular complexity index is 573. The van der Waals surface area contributed by atoms with Crippen molar-refractivity contribution in [1.82, 2.24) is 19.7 Å². The zero-order valence-electron chi connectivity index (χ0n) is 11.8. The molecule has 6 heteroatoms. The predicted molar refractivity (Wildman–Crippen MR) is 75.8 cm³/mol. The van der Waals surface area contributed by atoms with Gasteiger partial charge in [0.1, 0.15) is 17.5 Å². The highest BCUT2D eigenvalue weighted by atomic mass is 15.3. The Balaban J connectivity index is 2.19. The highest BCUT2D eigenvalue weighted by Gasteiger charge is 2.11. The summed E-state index contributed by atoms with van der Waals surface area (Å²) in [6.07, 6.45) is 1.91. The lowest BCUT2D eigenvalue weighted by Gasteiger charge is -2.12. The van der Waals surface area contributed by atoms with Crippen molar-refractivity contribution < 1.29 is 0 Å². The van der Waals surface area contributed by atoms with E-state index >= 15 is 0 Å². The van der Waals surface area contributed by atoms with Gasteiger partial charge in [0.2, 0.25) is 0 Å². The van der Waals surface area contributed by atoms with Crippen molar-refractivity contribution >= 4 is 11.6 Å². The number of hydrogen-bond acceptors (Lipinski definition) is 5. The molecule has 0 aliphatic heterocycles. The van der Waals surface area contributed by atoms with E-state index in [2.05, 4.69) is 20.4 Å². The Hall–Kier alpha value is -2.11. The average molecular weight is 260 g/mol. The van der Waals surface area contributed by atoms with Crippen LogP contribution in [-0.2, 0) is 13.6 Å². The molecule has 0 atom stereocenters. The molecule has 0 fully saturated rings. The second-order valence-electron chi connectivity index (χ2n) is 4.93. The summed E-state index contributed by atoms with van der Waals surface area (Å²) in [7, 11) is 1.90. The number of nitrogen functional groups attached to an aromatic ring is 1. The third kappa shape index (κ3) is 3.01. The van der Waals surface area contributed by atoms with Crippen LogP contribution in [-0.4, -0.2) is 19.7 Å². The van der Waals surface area contributed by atoms with Crippen molar-refractivity contribution in [1.29, 1.82) is 0 Å². The topological polar surface area (TPSA) is 81.6 Å². The number of aromatic nitrogens is 4. The normalized spacial score (nSPS) is 11.0. The van der Waals surface area contributed by atoms with Crippen LogP contribution in [0.15, 0.2) is 12.3 Å². The summed E-state index contributed by atoms with van der Waals surface area (Å²) in [5.41, 5.74) is 7.76. The molecule has 0 unspecified atom stereocenters. The van der Waals surface area contributed by atoms with Crippen molar-refractivity contribution in [3.05, 3.63) is 29.3 Å². The minimum Gasteiger partial charge on any atom is -0.383 e. The maximum absolute atomic E-state index is 5.92. The van der Waals surface area contributed by atoms with E-state index in [9.17, 15) is 0 Å². The predicted octanol–water partition coefficient (Wildman–Crippen LogP) is 1.84. The number of nitrogens with zero attached hydrogens (tertiary/aromatic N) is 4. The van der Waals surface area contributed by atoms with Crippen molar-refractivity contribution in [3.8, 4) is 0 Å². The molecule has 19 heavy (non-hydrogen) atoms. The first-order valence-electron chi connectivity index (χ1n) is 6.33. The van der Waals surface area contributed by atoms with E-state index in [0.717, 1.165) is 22.9 Å². The lowest BCUT2D eigenvalue weighted by molar-refractivity contribution is 0.745. The molecule has 2 aromatic heterocycles. The van der Waals surface area contributed by atoms with Crippen molar-refractivity contribution in [2.24, 2.45) is 7.05 Å². The number of nitrogens with two attached hydrogens (primary N) is 1. The smallest absolute Gasteiger partial charge is 0.135 e. The van der Waals surface area contributed by atoms with E-state index in [1.54, 1.807) is 4.68 Å². The zero-order chi connectivity index (χ0) is 14.0. The van der Waals surface area contributed by atoms with Crippen LogP contribution in [0.1, 0.15) is 36.8 Å². The highest BCUT2D eigenvalue weighted by Crippen LogP contribution is 2.21. The number of aryl methyl sites for hydroxylation is 1. The van der Waals surface area contributed by atoms with Crippen LogP contribution in [0.5, 0.6) is 0 Å². The van der Waals surface area contributed by atoms with Crippen LogP contribution in [0.3, 0.4) is 0 Å². The fourth-order valence-corrected chi connectivity index (χ4v) is 1.71. The summed E-state index contributed by atoms with van der Waals surface area (Å²) in [5, 5.41) is 7.59. The van der Waals surface area contributed by atoms with E-state index in [0.29, 0.717) is 12.4 Å². The lowest BCUT2D eigenvalue weighted by atomic mass is 10.2. The maximum atomic E-state index is 5.92. The molecule has 0 radical (unpaired) electrons. The van der Waals surface area contributed by atoms with Crippen LogP contribution >= 0.6 is 0 Å². The third-order valence-electron chi connectivity index (χ3n) is 2.92. The number of rotatable bonds is 4. The van der Waals surface area contributed by atoms with Gasteiger partial charge in [0, 0.05) is 24.7 Å². The van der Waals surface area contributed by atoms with Gasteiger partial charge in [0.05, 0.1) is 12.2 Å². The molecular weight excluding hydrogens is 240 g/mol. The maximum Gasteiger partial charge on any atom is 0.135 e. The Morgan fingerprint density at radius 3 is 2.68 bits per heavy atom. The second-order valence-corrected chi connectivity index (χ2v) is 4.93. The molecule has 2 heterocycles. The highest BCUT2D eigenvalue weighted by molar-refractivity contribution is 5.55. The molecule has 0 bridgehead atoms. The minimum absolute atomic E-state index is 0.248. The van der Waals surface area contributed by atoms with Gasteiger partial charge >= 0.3 is 0 Å². The summed E-state index contributed by atoms with van der Waals surface area (Å²) in [4.78, 5) is 8.82. The van der Waals surface area contributed by atoms with Gasteiger partial charge in [-0.15, -0.1) is 0 Å². The molecule has 0 aliphatic carbocycles. The fraction of sp³-hybridized carbons (Fsp3) is 0.462. The molecular formula is C13H20N6. The summed E-state index contributed by atoms with van der Waals surface area (Å²) < 4.78 is 1.78. The second kappa shape index (κ2) is 5.26. The monoisotopic (exact) mass is 260 g/mol. The zero-order valence-corrected chi connectivity index (χ0v) is 11.8. The van der Waals surface area contributed by atoms with Crippen LogP contribution in [0.4, 0.5) is 11.6 Å². The first kappa shape index (κ1) is 13.3. The van der Waals surface area contributed by atoms with Gasteiger partial charge in [-0.1, -0.05) is 13.8 Å². The van der Waals surface area contributed by atoms with E-state index < -0.39 is 0 Å². The molecule has 2 rings (SSSR count). The first-order chi connectivity index (χ1) is 8.97. The van der Waals surface area contributed by atoms with Gasteiger partial charge in [0.15, 0.2) is 0 Å². The summed E-state index contributed by atoms with van der Waals surface area (Å²) in [6.45, 7) is 6.63. The molecule has 0 saturated heterocycles. The van der Waals surface area contributed by atoms with Gasteiger partial charge in [0.25, 0.3) is 0 Å². The Morgan fingerprint density at radius 2 is 2.11 bits per heavy atom. The molecule has 3 N–H and O–H groups in total. The Morgan fingerprint density at radius 1 is 1.37 bits per heavy atom. The number of anilines is 2. The summed E-state index contributed by atoms with van der Waals surface area (Å²) >= 11 is 0. The summed E-state index contributed by atoms with van der Waals surface area (Å²) in [6, 6.07) is 1.97. The van der Waals surface area contributed by atoms with E-state index in [4.69, 9.17) is 5.73 Å². The SMILES string of the molecule is Cc1c(N)nc(C(C)C)nc1NCc1ccn(C)n1.